The van der Waals surface area contributed by atoms with Crippen LogP contribution in [0.4, 0.5) is 0 Å². The SMILES string of the molecule is O=C(O)CCCCCCCCCCCCCCCCCCCCC(=O)On1c(O)ccc1O. The fourth-order valence-corrected chi connectivity index (χ4v) is 4.02. The van der Waals surface area contributed by atoms with Gasteiger partial charge in [-0.1, -0.05) is 103 Å². The Morgan fingerprint density at radius 1 is 0.576 bits per heavy atom. The van der Waals surface area contributed by atoms with Gasteiger partial charge in [0.05, 0.1) is 0 Å². The third-order valence-corrected chi connectivity index (χ3v) is 6.01. The largest absolute Gasteiger partial charge is 0.492 e. The van der Waals surface area contributed by atoms with Gasteiger partial charge in [-0.05, 0) is 12.8 Å². The van der Waals surface area contributed by atoms with Crippen LogP contribution in [0.2, 0.25) is 0 Å². The first-order chi connectivity index (χ1) is 16.0. The van der Waals surface area contributed by atoms with Gasteiger partial charge in [-0.25, -0.2) is 4.79 Å². The monoisotopic (exact) mass is 467 g/mol. The van der Waals surface area contributed by atoms with Crippen molar-refractivity contribution in [1.82, 2.24) is 4.73 Å². The van der Waals surface area contributed by atoms with Crippen LogP contribution in [0.15, 0.2) is 12.1 Å². The van der Waals surface area contributed by atoms with Crippen LogP contribution in [-0.4, -0.2) is 32.0 Å². The molecule has 7 nitrogen and oxygen atoms in total. The average molecular weight is 468 g/mol. The van der Waals surface area contributed by atoms with Gasteiger partial charge in [0, 0.05) is 25.0 Å². The topological polar surface area (TPSA) is 109 Å². The second-order valence-corrected chi connectivity index (χ2v) is 9.07. The molecule has 0 radical (unpaired) electrons. The summed E-state index contributed by atoms with van der Waals surface area (Å²) in [6, 6.07) is 2.53. The molecule has 190 valence electrons. The van der Waals surface area contributed by atoms with Crippen molar-refractivity contribution >= 4 is 11.9 Å². The fraction of sp³-hybridized carbons (Fsp3) is 0.769. The van der Waals surface area contributed by atoms with E-state index in [4.69, 9.17) is 9.94 Å². The minimum atomic E-state index is -0.678. The normalized spacial score (nSPS) is 11.0. The Hall–Kier alpha value is -2.18. The predicted octanol–water partition coefficient (Wildman–Crippen LogP) is 6.74. The molecule has 0 aliphatic rings. The Labute approximate surface area is 199 Å². The van der Waals surface area contributed by atoms with Gasteiger partial charge in [-0.15, -0.1) is 4.73 Å². The molecule has 1 rings (SSSR count). The Bertz CT molecular complexity index is 623. The number of rotatable bonds is 22. The van der Waals surface area contributed by atoms with Crippen molar-refractivity contribution in [2.24, 2.45) is 0 Å². The number of carbonyl (C=O) groups excluding carboxylic acids is 1. The molecule has 1 heterocycles. The molecule has 0 aliphatic heterocycles. The number of hydrogen-bond donors (Lipinski definition) is 3. The summed E-state index contributed by atoms with van der Waals surface area (Å²) in [6.45, 7) is 0. The number of nitrogens with zero attached hydrogens (tertiary/aromatic N) is 1. The van der Waals surface area contributed by atoms with E-state index in [1.54, 1.807) is 0 Å². The molecule has 0 spiro atoms. The molecule has 0 saturated carbocycles. The first-order valence-corrected chi connectivity index (χ1v) is 13.0. The van der Waals surface area contributed by atoms with Crippen LogP contribution >= 0.6 is 0 Å². The maximum Gasteiger partial charge on any atom is 0.333 e. The molecule has 1 aromatic heterocycles. The number of carboxylic acid groups (broad SMARTS) is 1. The van der Waals surface area contributed by atoms with Crippen molar-refractivity contribution in [1.29, 1.82) is 0 Å². The summed E-state index contributed by atoms with van der Waals surface area (Å²) in [6.07, 6.45) is 22.1. The second kappa shape index (κ2) is 19.3. The predicted molar refractivity (Wildman–Crippen MR) is 129 cm³/mol. The minimum Gasteiger partial charge on any atom is -0.492 e. The summed E-state index contributed by atoms with van der Waals surface area (Å²) < 4.78 is 0.734. The highest BCUT2D eigenvalue weighted by molar-refractivity contribution is 5.69. The maximum absolute atomic E-state index is 11.7. The number of aromatic nitrogens is 1. The summed E-state index contributed by atoms with van der Waals surface area (Å²) in [4.78, 5) is 27.1. The number of carbonyl (C=O) groups is 2. The lowest BCUT2D eigenvalue weighted by atomic mass is 10.0. The standard InChI is InChI=1S/C26H45NO6/c28-23-21-22-24(29)27(23)33-26(32)20-18-16-14-12-10-8-6-4-2-1-3-5-7-9-11-13-15-17-19-25(30)31/h21-22,28-29H,1-20H2,(H,30,31). The molecule has 33 heavy (non-hydrogen) atoms. The van der Waals surface area contributed by atoms with Crippen LogP contribution in [0.25, 0.3) is 0 Å². The van der Waals surface area contributed by atoms with Crippen LogP contribution in [0.5, 0.6) is 11.8 Å². The molecule has 0 atom stereocenters. The van der Waals surface area contributed by atoms with E-state index in [2.05, 4.69) is 0 Å². The molecule has 0 amide bonds. The van der Waals surface area contributed by atoms with E-state index in [9.17, 15) is 19.8 Å². The number of unbranched alkanes of at least 4 members (excludes halogenated alkanes) is 17. The third kappa shape index (κ3) is 16.1. The maximum atomic E-state index is 11.7. The lowest BCUT2D eigenvalue weighted by molar-refractivity contribution is -0.145. The van der Waals surface area contributed by atoms with Gasteiger partial charge in [0.2, 0.25) is 11.8 Å². The highest BCUT2D eigenvalue weighted by Gasteiger charge is 2.11. The molecule has 1 aromatic rings. The fourth-order valence-electron chi connectivity index (χ4n) is 4.02. The van der Waals surface area contributed by atoms with E-state index in [0.717, 1.165) is 36.8 Å². The van der Waals surface area contributed by atoms with E-state index < -0.39 is 11.9 Å². The quantitative estimate of drug-likeness (QED) is 0.163. The van der Waals surface area contributed by atoms with Gasteiger partial charge in [-0.3, -0.25) is 4.79 Å². The summed E-state index contributed by atoms with van der Waals surface area (Å²) in [5.41, 5.74) is 0. The van der Waals surface area contributed by atoms with Crippen LogP contribution < -0.4 is 4.84 Å². The molecular formula is C26H45NO6. The smallest absolute Gasteiger partial charge is 0.333 e. The van der Waals surface area contributed by atoms with Gasteiger partial charge in [-0.2, -0.15) is 0 Å². The van der Waals surface area contributed by atoms with Crippen molar-refractivity contribution in [3.63, 3.8) is 0 Å². The molecule has 0 fully saturated rings. The molecule has 0 aromatic carbocycles. The zero-order valence-corrected chi connectivity index (χ0v) is 20.3. The van der Waals surface area contributed by atoms with E-state index in [1.807, 2.05) is 0 Å². The van der Waals surface area contributed by atoms with Gasteiger partial charge in [0.25, 0.3) is 0 Å². The zero-order chi connectivity index (χ0) is 24.2. The van der Waals surface area contributed by atoms with Crippen molar-refractivity contribution < 1.29 is 29.7 Å². The van der Waals surface area contributed by atoms with Crippen molar-refractivity contribution in [2.75, 3.05) is 0 Å². The van der Waals surface area contributed by atoms with E-state index >= 15 is 0 Å². The number of carboxylic acids is 1. The molecule has 0 bridgehead atoms. The van der Waals surface area contributed by atoms with Crippen molar-refractivity contribution in [3.05, 3.63) is 12.1 Å². The minimum absolute atomic E-state index is 0.282. The van der Waals surface area contributed by atoms with Gasteiger partial charge in [0.1, 0.15) is 0 Å². The lowest BCUT2D eigenvalue weighted by Crippen LogP contribution is -2.18. The summed E-state index contributed by atoms with van der Waals surface area (Å²) >= 11 is 0. The highest BCUT2D eigenvalue weighted by Crippen LogP contribution is 2.19. The Balaban J connectivity index is 1.75. The Kier molecular flexibility index (Phi) is 16.9. The average Bonchev–Trinajstić information content (AvgIpc) is 3.09. The number of aromatic hydroxyl groups is 2. The molecule has 0 aliphatic carbocycles. The lowest BCUT2D eigenvalue weighted by Gasteiger charge is -2.06. The summed E-state index contributed by atoms with van der Waals surface area (Å²) in [5, 5.41) is 27.5. The Morgan fingerprint density at radius 3 is 1.21 bits per heavy atom. The van der Waals surface area contributed by atoms with Gasteiger partial charge < -0.3 is 20.2 Å². The molecule has 3 N–H and O–H groups in total. The van der Waals surface area contributed by atoms with E-state index in [0.29, 0.717) is 6.42 Å². The zero-order valence-electron chi connectivity index (χ0n) is 20.3. The summed E-state index contributed by atoms with van der Waals surface area (Å²) in [7, 11) is 0. The first kappa shape index (κ1) is 28.9. The van der Waals surface area contributed by atoms with Gasteiger partial charge in [0.15, 0.2) is 0 Å². The summed E-state index contributed by atoms with van der Waals surface area (Å²) in [5.74, 6) is -1.72. The number of hydrogen-bond acceptors (Lipinski definition) is 5. The van der Waals surface area contributed by atoms with Crippen molar-refractivity contribution in [2.45, 2.75) is 128 Å². The van der Waals surface area contributed by atoms with Crippen LogP contribution in [0.1, 0.15) is 128 Å². The van der Waals surface area contributed by atoms with E-state index in [-0.39, 0.29) is 18.2 Å². The molecule has 0 saturated heterocycles. The molecule has 7 heteroatoms. The second-order valence-electron chi connectivity index (χ2n) is 9.07. The Morgan fingerprint density at radius 2 is 0.879 bits per heavy atom. The van der Waals surface area contributed by atoms with Gasteiger partial charge >= 0.3 is 11.9 Å². The van der Waals surface area contributed by atoms with E-state index in [1.165, 1.54) is 95.6 Å². The van der Waals surface area contributed by atoms with Crippen LogP contribution in [0, 0.1) is 0 Å². The first-order valence-electron chi connectivity index (χ1n) is 13.0. The third-order valence-electron chi connectivity index (χ3n) is 6.01. The molecular weight excluding hydrogens is 422 g/mol. The van der Waals surface area contributed by atoms with Crippen LogP contribution in [0.3, 0.4) is 0 Å². The molecule has 0 unspecified atom stereocenters. The van der Waals surface area contributed by atoms with Crippen molar-refractivity contribution in [3.8, 4) is 11.8 Å². The highest BCUT2D eigenvalue weighted by atomic mass is 16.7. The van der Waals surface area contributed by atoms with Crippen LogP contribution in [-0.2, 0) is 9.59 Å². The number of aliphatic carboxylic acids is 1.